The molecular formula is C17H17BrO3. The number of carboxylic acids is 1. The first-order valence-corrected chi connectivity index (χ1v) is 7.69. The molecule has 0 saturated heterocycles. The van der Waals surface area contributed by atoms with Gasteiger partial charge in [0.05, 0.1) is 0 Å². The van der Waals surface area contributed by atoms with Gasteiger partial charge < -0.3 is 9.84 Å². The van der Waals surface area contributed by atoms with E-state index in [9.17, 15) is 9.90 Å². The molecule has 0 unspecified atom stereocenters. The molecule has 0 radical (unpaired) electrons. The van der Waals surface area contributed by atoms with Gasteiger partial charge in [0.2, 0.25) is 0 Å². The van der Waals surface area contributed by atoms with Crippen LogP contribution in [-0.2, 0) is 6.42 Å². The summed E-state index contributed by atoms with van der Waals surface area (Å²) < 4.78 is 6.39. The Kier molecular flexibility index (Phi) is 5.39. The minimum absolute atomic E-state index is 0.138. The Balaban J connectivity index is 2.16. The molecule has 0 aliphatic heterocycles. The number of unbranched alkanes of at least 4 members (excludes halogenated alkanes) is 1. The third-order valence-electron chi connectivity index (χ3n) is 3.14. The van der Waals surface area contributed by atoms with Gasteiger partial charge in [-0.25, -0.2) is 4.79 Å². The molecule has 0 saturated carbocycles. The summed E-state index contributed by atoms with van der Waals surface area (Å²) in [5.41, 5.74) is 1.40. The van der Waals surface area contributed by atoms with Crippen LogP contribution in [0, 0.1) is 0 Å². The van der Waals surface area contributed by atoms with E-state index in [4.69, 9.17) is 4.74 Å². The van der Waals surface area contributed by atoms with E-state index in [2.05, 4.69) is 22.9 Å². The smallest absolute Gasteiger partial charge is 0.339 e. The average Bonchev–Trinajstić information content (AvgIpc) is 2.48. The quantitative estimate of drug-likeness (QED) is 0.772. The van der Waals surface area contributed by atoms with Crippen molar-refractivity contribution in [2.24, 2.45) is 0 Å². The van der Waals surface area contributed by atoms with Gasteiger partial charge in [-0.05, 0) is 48.7 Å². The van der Waals surface area contributed by atoms with E-state index in [1.807, 2.05) is 24.3 Å². The highest BCUT2D eigenvalue weighted by Crippen LogP contribution is 2.28. The van der Waals surface area contributed by atoms with Gasteiger partial charge in [-0.1, -0.05) is 41.4 Å². The van der Waals surface area contributed by atoms with E-state index >= 15 is 0 Å². The fourth-order valence-corrected chi connectivity index (χ4v) is 2.35. The molecule has 21 heavy (non-hydrogen) atoms. The molecule has 0 heterocycles. The van der Waals surface area contributed by atoms with Crippen LogP contribution < -0.4 is 4.74 Å². The van der Waals surface area contributed by atoms with Crippen LogP contribution in [0.5, 0.6) is 11.5 Å². The Bertz CT molecular complexity index is 620. The lowest BCUT2D eigenvalue weighted by molar-refractivity contribution is 0.0694. The van der Waals surface area contributed by atoms with Crippen LogP contribution in [0.2, 0.25) is 0 Å². The molecule has 110 valence electrons. The van der Waals surface area contributed by atoms with Crippen LogP contribution in [0.25, 0.3) is 0 Å². The molecule has 0 bridgehead atoms. The molecule has 4 heteroatoms. The number of aryl methyl sites for hydroxylation is 1. The molecule has 1 N–H and O–H groups in total. The number of ether oxygens (including phenoxy) is 1. The molecule has 0 spiro atoms. The molecule has 0 fully saturated rings. The van der Waals surface area contributed by atoms with Crippen LogP contribution in [0.3, 0.4) is 0 Å². The first-order valence-electron chi connectivity index (χ1n) is 6.90. The summed E-state index contributed by atoms with van der Waals surface area (Å²) in [4.78, 5) is 11.2. The van der Waals surface area contributed by atoms with Crippen LogP contribution >= 0.6 is 15.9 Å². The third kappa shape index (κ3) is 4.33. The minimum atomic E-state index is -1.01. The second-order valence-corrected chi connectivity index (χ2v) is 5.71. The highest BCUT2D eigenvalue weighted by Gasteiger charge is 2.12. The number of hydrogen-bond acceptors (Lipinski definition) is 2. The first-order chi connectivity index (χ1) is 10.1. The zero-order valence-electron chi connectivity index (χ0n) is 11.8. The topological polar surface area (TPSA) is 46.5 Å². The number of hydrogen-bond donors (Lipinski definition) is 1. The highest BCUT2D eigenvalue weighted by atomic mass is 79.9. The molecule has 2 rings (SSSR count). The maximum absolute atomic E-state index is 11.2. The predicted octanol–water partition coefficient (Wildman–Crippen LogP) is 5.28. The van der Waals surface area contributed by atoms with Crippen LogP contribution in [0.15, 0.2) is 46.9 Å². The van der Waals surface area contributed by atoms with Crippen molar-refractivity contribution in [1.29, 1.82) is 0 Å². The molecule has 2 aromatic rings. The largest absolute Gasteiger partial charge is 0.478 e. The fourth-order valence-electron chi connectivity index (χ4n) is 1.99. The van der Waals surface area contributed by atoms with E-state index in [1.54, 1.807) is 12.1 Å². The van der Waals surface area contributed by atoms with Gasteiger partial charge >= 0.3 is 5.97 Å². The lowest BCUT2D eigenvalue weighted by atomic mass is 10.1. The number of carbonyl (C=O) groups is 1. The van der Waals surface area contributed by atoms with E-state index in [-0.39, 0.29) is 5.56 Å². The summed E-state index contributed by atoms with van der Waals surface area (Å²) in [5.74, 6) is -0.0297. The maximum Gasteiger partial charge on any atom is 0.339 e. The monoisotopic (exact) mass is 348 g/mol. The van der Waals surface area contributed by atoms with Crippen LogP contribution in [0.1, 0.15) is 35.7 Å². The molecule has 0 amide bonds. The van der Waals surface area contributed by atoms with Crippen molar-refractivity contribution in [3.05, 3.63) is 58.1 Å². The summed E-state index contributed by atoms with van der Waals surface area (Å²) in [7, 11) is 0. The predicted molar refractivity (Wildman–Crippen MR) is 86.2 cm³/mol. The number of benzene rings is 2. The Morgan fingerprint density at radius 2 is 1.90 bits per heavy atom. The first kappa shape index (κ1) is 15.6. The SMILES string of the molecule is CCCCc1ccc(Oc2ccc(Br)cc2C(=O)O)cc1. The van der Waals surface area contributed by atoms with Gasteiger partial charge in [-0.15, -0.1) is 0 Å². The van der Waals surface area contributed by atoms with Crippen molar-refractivity contribution in [2.75, 3.05) is 0 Å². The standard InChI is InChI=1S/C17H17BrO3/c1-2-3-4-12-5-8-14(9-6-12)21-16-10-7-13(18)11-15(16)17(19)20/h5-11H,2-4H2,1H3,(H,19,20). The Hall–Kier alpha value is -1.81. The van der Waals surface area contributed by atoms with E-state index in [0.717, 1.165) is 12.8 Å². The zero-order valence-corrected chi connectivity index (χ0v) is 13.4. The van der Waals surface area contributed by atoms with Crippen molar-refractivity contribution >= 4 is 21.9 Å². The Morgan fingerprint density at radius 1 is 1.19 bits per heavy atom. The summed E-state index contributed by atoms with van der Waals surface area (Å²) in [6.07, 6.45) is 3.38. The number of aromatic carboxylic acids is 1. The molecule has 0 aliphatic carbocycles. The Morgan fingerprint density at radius 3 is 2.52 bits per heavy atom. The Labute approximate surface area is 132 Å². The summed E-state index contributed by atoms with van der Waals surface area (Å²) in [6, 6.07) is 12.7. The van der Waals surface area contributed by atoms with Crippen LogP contribution in [-0.4, -0.2) is 11.1 Å². The van der Waals surface area contributed by atoms with E-state index < -0.39 is 5.97 Å². The number of carboxylic acid groups (broad SMARTS) is 1. The van der Waals surface area contributed by atoms with Gasteiger partial charge in [-0.3, -0.25) is 0 Å². The van der Waals surface area contributed by atoms with Gasteiger partial charge in [0.25, 0.3) is 0 Å². The summed E-state index contributed by atoms with van der Waals surface area (Å²) in [5, 5.41) is 9.21. The third-order valence-corrected chi connectivity index (χ3v) is 3.64. The van der Waals surface area contributed by atoms with E-state index in [0.29, 0.717) is 16.0 Å². The minimum Gasteiger partial charge on any atom is -0.478 e. The summed E-state index contributed by atoms with van der Waals surface area (Å²) in [6.45, 7) is 2.17. The summed E-state index contributed by atoms with van der Waals surface area (Å²) >= 11 is 3.26. The van der Waals surface area contributed by atoms with Crippen molar-refractivity contribution in [1.82, 2.24) is 0 Å². The molecule has 2 aromatic carbocycles. The van der Waals surface area contributed by atoms with Gasteiger partial charge in [0, 0.05) is 4.47 Å². The lowest BCUT2D eigenvalue weighted by Crippen LogP contribution is -2.00. The van der Waals surface area contributed by atoms with Crippen molar-refractivity contribution in [2.45, 2.75) is 26.2 Å². The maximum atomic E-state index is 11.2. The molecule has 3 nitrogen and oxygen atoms in total. The fraction of sp³-hybridized carbons (Fsp3) is 0.235. The van der Waals surface area contributed by atoms with Gasteiger partial charge in [0.15, 0.2) is 0 Å². The van der Waals surface area contributed by atoms with E-state index in [1.165, 1.54) is 18.1 Å². The normalized spacial score (nSPS) is 10.4. The molecule has 0 aromatic heterocycles. The van der Waals surface area contributed by atoms with Crippen molar-refractivity contribution in [3.63, 3.8) is 0 Å². The van der Waals surface area contributed by atoms with Gasteiger partial charge in [-0.2, -0.15) is 0 Å². The van der Waals surface area contributed by atoms with Crippen molar-refractivity contribution in [3.8, 4) is 11.5 Å². The zero-order chi connectivity index (χ0) is 15.2. The second kappa shape index (κ2) is 7.27. The second-order valence-electron chi connectivity index (χ2n) is 4.80. The van der Waals surface area contributed by atoms with Gasteiger partial charge in [0.1, 0.15) is 17.1 Å². The number of halogens is 1. The molecule has 0 aliphatic rings. The number of rotatable bonds is 6. The highest BCUT2D eigenvalue weighted by molar-refractivity contribution is 9.10. The van der Waals surface area contributed by atoms with Crippen molar-refractivity contribution < 1.29 is 14.6 Å². The molecular weight excluding hydrogens is 332 g/mol. The average molecular weight is 349 g/mol. The lowest BCUT2D eigenvalue weighted by Gasteiger charge is -2.10. The molecule has 0 atom stereocenters. The van der Waals surface area contributed by atoms with Crippen LogP contribution in [0.4, 0.5) is 0 Å².